The molecule has 0 fully saturated rings. The topological polar surface area (TPSA) is 181 Å². The van der Waals surface area contributed by atoms with Crippen LogP contribution in [0.5, 0.6) is 0 Å². The predicted octanol–water partition coefficient (Wildman–Crippen LogP) is 0.926. The first kappa shape index (κ1) is 35.6. The van der Waals surface area contributed by atoms with Crippen molar-refractivity contribution in [3.63, 3.8) is 0 Å². The van der Waals surface area contributed by atoms with Gasteiger partial charge < -0.3 is 26.6 Å². The molecule has 1 aromatic carbocycles. The SMILES string of the molecule is CCC(C)C(NC(=O)C(CC(C)C)NC(=O)Cc1cccnc1)C(=O)C(=O)NCC(=O)N(C)C(Cc1ccccc1)C(N)=O. The van der Waals surface area contributed by atoms with E-state index in [1.807, 2.05) is 26.8 Å². The van der Waals surface area contributed by atoms with Crippen LogP contribution < -0.4 is 21.7 Å². The molecule has 12 heteroatoms. The van der Waals surface area contributed by atoms with E-state index >= 15 is 0 Å². The number of Topliss-reactive ketones (excluding diaryl/α,β-unsaturated/α-hetero) is 1. The first-order valence-electron chi connectivity index (χ1n) is 14.7. The van der Waals surface area contributed by atoms with Crippen molar-refractivity contribution < 1.29 is 28.8 Å². The van der Waals surface area contributed by atoms with Gasteiger partial charge in [0.1, 0.15) is 12.1 Å². The van der Waals surface area contributed by atoms with Gasteiger partial charge in [0.15, 0.2) is 0 Å². The van der Waals surface area contributed by atoms with Gasteiger partial charge in [0.25, 0.3) is 5.91 Å². The highest BCUT2D eigenvalue weighted by Gasteiger charge is 2.34. The van der Waals surface area contributed by atoms with Crippen LogP contribution in [0.15, 0.2) is 54.9 Å². The number of ketones is 1. The molecule has 0 aliphatic rings. The normalized spacial score (nSPS) is 13.6. The molecule has 0 aliphatic heterocycles. The third-order valence-corrected chi connectivity index (χ3v) is 7.32. The fourth-order valence-corrected chi connectivity index (χ4v) is 4.54. The Morgan fingerprint density at radius 1 is 0.932 bits per heavy atom. The Labute approximate surface area is 258 Å². The minimum atomic E-state index is -1.19. The molecule has 0 radical (unpaired) electrons. The molecule has 0 saturated heterocycles. The minimum absolute atomic E-state index is 0.0241. The van der Waals surface area contributed by atoms with Crippen LogP contribution in [0.4, 0.5) is 0 Å². The summed E-state index contributed by atoms with van der Waals surface area (Å²) in [6, 6.07) is 9.39. The van der Waals surface area contributed by atoms with E-state index in [1.165, 1.54) is 7.05 Å². The van der Waals surface area contributed by atoms with Gasteiger partial charge >= 0.3 is 0 Å². The number of hydrogen-bond donors (Lipinski definition) is 4. The lowest BCUT2D eigenvalue weighted by Gasteiger charge is -2.27. The number of primary amides is 1. The average molecular weight is 609 g/mol. The largest absolute Gasteiger partial charge is 0.368 e. The molecule has 0 spiro atoms. The summed E-state index contributed by atoms with van der Waals surface area (Å²) >= 11 is 0. The van der Waals surface area contributed by atoms with Gasteiger partial charge in [-0.25, -0.2) is 0 Å². The first-order chi connectivity index (χ1) is 20.8. The lowest BCUT2D eigenvalue weighted by molar-refractivity contribution is -0.143. The number of pyridine rings is 1. The van der Waals surface area contributed by atoms with Crippen molar-refractivity contribution in [1.82, 2.24) is 25.8 Å². The Balaban J connectivity index is 2.07. The summed E-state index contributed by atoms with van der Waals surface area (Å²) in [6.45, 7) is 6.77. The van der Waals surface area contributed by atoms with E-state index in [9.17, 15) is 28.8 Å². The number of nitrogens with zero attached hydrogens (tertiary/aromatic N) is 2. The van der Waals surface area contributed by atoms with Crippen molar-refractivity contribution in [2.45, 2.75) is 71.5 Å². The molecule has 5 N–H and O–H groups in total. The third-order valence-electron chi connectivity index (χ3n) is 7.32. The quantitative estimate of drug-likeness (QED) is 0.193. The lowest BCUT2D eigenvalue weighted by atomic mass is 9.93. The van der Waals surface area contributed by atoms with Crippen LogP contribution in [0.25, 0.3) is 0 Å². The van der Waals surface area contributed by atoms with Gasteiger partial charge in [0.05, 0.1) is 19.0 Å². The van der Waals surface area contributed by atoms with Crippen molar-refractivity contribution in [3.05, 3.63) is 66.0 Å². The maximum Gasteiger partial charge on any atom is 0.290 e. The van der Waals surface area contributed by atoms with E-state index < -0.39 is 60.0 Å². The number of benzene rings is 1. The smallest absolute Gasteiger partial charge is 0.290 e. The summed E-state index contributed by atoms with van der Waals surface area (Å²) in [5.41, 5.74) is 7.02. The molecule has 0 saturated carbocycles. The molecule has 5 amide bonds. The van der Waals surface area contributed by atoms with Crippen molar-refractivity contribution in [1.29, 1.82) is 0 Å². The van der Waals surface area contributed by atoms with Crippen molar-refractivity contribution >= 4 is 35.3 Å². The molecule has 4 unspecified atom stereocenters. The zero-order valence-electron chi connectivity index (χ0n) is 26.0. The van der Waals surface area contributed by atoms with Crippen LogP contribution in [0, 0.1) is 11.8 Å². The van der Waals surface area contributed by atoms with Crippen LogP contribution in [0.1, 0.15) is 51.7 Å². The number of aromatic nitrogens is 1. The second kappa shape index (κ2) is 17.5. The second-order valence-electron chi connectivity index (χ2n) is 11.3. The maximum atomic E-state index is 13.3. The Hall–Kier alpha value is -4.61. The molecule has 2 rings (SSSR count). The van der Waals surface area contributed by atoms with Crippen molar-refractivity contribution in [2.24, 2.45) is 17.6 Å². The molecule has 1 aromatic heterocycles. The van der Waals surface area contributed by atoms with Crippen LogP contribution >= 0.6 is 0 Å². The fraction of sp³-hybridized carbons (Fsp3) is 0.469. The zero-order valence-corrected chi connectivity index (χ0v) is 26.0. The van der Waals surface area contributed by atoms with Gasteiger partial charge in [-0.3, -0.25) is 33.8 Å². The molecule has 4 atom stereocenters. The number of carbonyl (C=O) groups excluding carboxylic acids is 6. The number of rotatable bonds is 17. The molecule has 2 aromatic rings. The fourth-order valence-electron chi connectivity index (χ4n) is 4.54. The summed E-state index contributed by atoms with van der Waals surface area (Å²) in [4.78, 5) is 82.2. The van der Waals surface area contributed by atoms with E-state index in [1.54, 1.807) is 55.7 Å². The van der Waals surface area contributed by atoms with Gasteiger partial charge in [0, 0.05) is 25.9 Å². The van der Waals surface area contributed by atoms with Gasteiger partial charge in [-0.1, -0.05) is 70.5 Å². The highest BCUT2D eigenvalue weighted by molar-refractivity contribution is 6.38. The summed E-state index contributed by atoms with van der Waals surface area (Å²) in [5.74, 6) is -4.68. The Kier molecular flexibility index (Phi) is 14.1. The summed E-state index contributed by atoms with van der Waals surface area (Å²) < 4.78 is 0. The number of hydrogen-bond acceptors (Lipinski definition) is 7. The van der Waals surface area contributed by atoms with Crippen molar-refractivity contribution in [3.8, 4) is 0 Å². The van der Waals surface area contributed by atoms with Crippen LogP contribution in [0.3, 0.4) is 0 Å². The number of nitrogens with two attached hydrogens (primary N) is 1. The van der Waals surface area contributed by atoms with Crippen LogP contribution in [-0.4, -0.2) is 76.9 Å². The Morgan fingerprint density at radius 2 is 1.59 bits per heavy atom. The summed E-state index contributed by atoms with van der Waals surface area (Å²) in [5, 5.41) is 7.71. The monoisotopic (exact) mass is 608 g/mol. The predicted molar refractivity (Wildman–Crippen MR) is 165 cm³/mol. The molecule has 0 bridgehead atoms. The molecule has 1 heterocycles. The van der Waals surface area contributed by atoms with Gasteiger partial charge in [0.2, 0.25) is 29.4 Å². The second-order valence-corrected chi connectivity index (χ2v) is 11.3. The molecule has 44 heavy (non-hydrogen) atoms. The lowest BCUT2D eigenvalue weighted by Crippen LogP contribution is -2.57. The molecular formula is C32H44N6O6. The number of likely N-dealkylation sites (N-methyl/N-ethyl adjacent to an activating group) is 1. The van der Waals surface area contributed by atoms with E-state index in [0.29, 0.717) is 18.4 Å². The molecule has 0 aliphatic carbocycles. The highest BCUT2D eigenvalue weighted by Crippen LogP contribution is 2.13. The van der Waals surface area contributed by atoms with E-state index in [4.69, 9.17) is 5.73 Å². The third kappa shape index (κ3) is 11.2. The first-order valence-corrected chi connectivity index (χ1v) is 14.7. The van der Waals surface area contributed by atoms with Crippen LogP contribution in [-0.2, 0) is 41.6 Å². The standard InChI is InChI=1S/C32H44N6O6/c1-6-21(4)28(37-31(43)24(15-20(2)3)36-26(39)17-23-13-10-14-34-18-23)29(41)32(44)35-19-27(40)38(5)25(30(33)42)16-22-11-8-7-9-12-22/h7-14,18,20-21,24-25,28H,6,15-17,19H2,1-5H3,(H2,33,42)(H,35,44)(H,36,39)(H,37,43). The van der Waals surface area contributed by atoms with E-state index in [0.717, 1.165) is 10.5 Å². The average Bonchev–Trinajstić information content (AvgIpc) is 3.00. The van der Waals surface area contributed by atoms with Gasteiger partial charge in [-0.15, -0.1) is 0 Å². The van der Waals surface area contributed by atoms with E-state index in [-0.39, 0.29) is 24.7 Å². The molecular weight excluding hydrogens is 564 g/mol. The summed E-state index contributed by atoms with van der Waals surface area (Å²) in [7, 11) is 1.40. The molecule has 12 nitrogen and oxygen atoms in total. The zero-order chi connectivity index (χ0) is 32.8. The summed E-state index contributed by atoms with van der Waals surface area (Å²) in [6.07, 6.45) is 4.14. The van der Waals surface area contributed by atoms with Gasteiger partial charge in [-0.2, -0.15) is 0 Å². The van der Waals surface area contributed by atoms with Crippen LogP contribution in [0.2, 0.25) is 0 Å². The van der Waals surface area contributed by atoms with Gasteiger partial charge in [-0.05, 0) is 35.4 Å². The highest BCUT2D eigenvalue weighted by atomic mass is 16.2. The molecule has 238 valence electrons. The number of carbonyl (C=O) groups is 6. The maximum absolute atomic E-state index is 13.3. The Bertz CT molecular complexity index is 1290. The van der Waals surface area contributed by atoms with Crippen molar-refractivity contribution in [2.75, 3.05) is 13.6 Å². The Morgan fingerprint density at radius 3 is 2.16 bits per heavy atom. The number of amides is 5. The minimum Gasteiger partial charge on any atom is -0.368 e. The number of nitrogens with one attached hydrogen (secondary N) is 3. The van der Waals surface area contributed by atoms with E-state index in [2.05, 4.69) is 20.9 Å².